The molecule has 8 nitrogen and oxygen atoms in total. The minimum atomic E-state index is -0.667. The third-order valence-electron chi connectivity index (χ3n) is 4.36. The molecule has 156 valence electrons. The number of nitrogens with zero attached hydrogens (tertiary/aromatic N) is 3. The van der Waals surface area contributed by atoms with Gasteiger partial charge in [-0.25, -0.2) is 4.79 Å². The van der Waals surface area contributed by atoms with Gasteiger partial charge < -0.3 is 10.1 Å². The number of hydrogen-bond donors (Lipinski definition) is 1. The van der Waals surface area contributed by atoms with Crippen LogP contribution in [0.1, 0.15) is 27.8 Å². The number of pyridine rings is 1. The Balaban J connectivity index is 1.89. The second-order valence-corrected chi connectivity index (χ2v) is 7.62. The summed E-state index contributed by atoms with van der Waals surface area (Å²) in [6.07, 6.45) is 3.00. The molecule has 10 heteroatoms. The number of ether oxygens (including phenoxy) is 1. The third kappa shape index (κ3) is 4.05. The number of halogens is 1. The zero-order valence-electron chi connectivity index (χ0n) is 16.2. The van der Waals surface area contributed by atoms with Gasteiger partial charge in [-0.15, -0.1) is 11.3 Å². The second kappa shape index (κ2) is 8.66. The summed E-state index contributed by atoms with van der Waals surface area (Å²) >= 11 is 7.07. The zero-order chi connectivity index (χ0) is 22.0. The number of aromatic nitrogens is 3. The Kier molecular flexibility index (Phi) is 5.79. The van der Waals surface area contributed by atoms with Gasteiger partial charge in [0.15, 0.2) is 5.69 Å². The summed E-state index contributed by atoms with van der Waals surface area (Å²) in [5, 5.41) is 9.86. The Morgan fingerprint density at radius 1 is 1.16 bits per heavy atom. The summed E-state index contributed by atoms with van der Waals surface area (Å²) in [5.41, 5.74) is 0.289. The van der Waals surface area contributed by atoms with E-state index in [1.165, 1.54) is 12.4 Å². The van der Waals surface area contributed by atoms with Crippen molar-refractivity contribution in [3.63, 3.8) is 0 Å². The average molecular weight is 455 g/mol. The van der Waals surface area contributed by atoms with Crippen LogP contribution in [0.3, 0.4) is 0 Å². The van der Waals surface area contributed by atoms with E-state index in [1.54, 1.807) is 48.7 Å². The van der Waals surface area contributed by atoms with Gasteiger partial charge >= 0.3 is 5.97 Å². The van der Waals surface area contributed by atoms with E-state index in [4.69, 9.17) is 16.3 Å². The van der Waals surface area contributed by atoms with Crippen LogP contribution in [0.25, 0.3) is 16.5 Å². The quantitative estimate of drug-likeness (QED) is 0.458. The van der Waals surface area contributed by atoms with E-state index in [-0.39, 0.29) is 17.7 Å². The number of carbonyl (C=O) groups excluding carboxylic acids is 2. The molecule has 0 unspecified atom stereocenters. The van der Waals surface area contributed by atoms with Gasteiger partial charge in [-0.2, -0.15) is 9.78 Å². The van der Waals surface area contributed by atoms with Crippen molar-refractivity contribution in [2.45, 2.75) is 6.92 Å². The molecule has 4 rings (SSSR count). The van der Waals surface area contributed by atoms with E-state index in [0.717, 1.165) is 16.0 Å². The van der Waals surface area contributed by atoms with Gasteiger partial charge in [0.2, 0.25) is 0 Å². The minimum absolute atomic E-state index is 0.0212. The van der Waals surface area contributed by atoms with E-state index in [2.05, 4.69) is 15.4 Å². The average Bonchev–Trinajstić information content (AvgIpc) is 3.19. The van der Waals surface area contributed by atoms with E-state index in [1.807, 2.05) is 0 Å². The molecule has 3 aromatic heterocycles. The van der Waals surface area contributed by atoms with Gasteiger partial charge in [-0.1, -0.05) is 11.6 Å². The molecule has 0 saturated heterocycles. The van der Waals surface area contributed by atoms with Crippen LogP contribution in [-0.2, 0) is 4.74 Å². The highest BCUT2D eigenvalue weighted by Gasteiger charge is 2.23. The molecule has 1 N–H and O–H groups in total. The number of benzene rings is 1. The fourth-order valence-electron chi connectivity index (χ4n) is 2.93. The number of fused-ring (bicyclic) bond motifs is 1. The largest absolute Gasteiger partial charge is 0.461 e. The van der Waals surface area contributed by atoms with Crippen LogP contribution < -0.4 is 10.9 Å². The van der Waals surface area contributed by atoms with E-state index in [0.29, 0.717) is 26.7 Å². The summed E-state index contributed by atoms with van der Waals surface area (Å²) in [6, 6.07) is 9.56. The van der Waals surface area contributed by atoms with Gasteiger partial charge in [0.1, 0.15) is 5.00 Å². The summed E-state index contributed by atoms with van der Waals surface area (Å²) < 4.78 is 6.21. The maximum atomic E-state index is 13.3. The fourth-order valence-corrected chi connectivity index (χ4v) is 3.99. The third-order valence-corrected chi connectivity index (χ3v) is 5.51. The highest BCUT2D eigenvalue weighted by atomic mass is 35.5. The van der Waals surface area contributed by atoms with Crippen molar-refractivity contribution in [2.24, 2.45) is 0 Å². The first-order valence-electron chi connectivity index (χ1n) is 9.18. The van der Waals surface area contributed by atoms with Crippen LogP contribution >= 0.6 is 22.9 Å². The normalized spacial score (nSPS) is 10.8. The molecule has 1 aromatic carbocycles. The van der Waals surface area contributed by atoms with Gasteiger partial charge in [0, 0.05) is 33.7 Å². The fraction of sp³-hybridized carbons (Fsp3) is 0.0952. The molecule has 0 radical (unpaired) electrons. The molecule has 0 spiro atoms. The van der Waals surface area contributed by atoms with Crippen LogP contribution in [-0.4, -0.2) is 33.2 Å². The summed E-state index contributed by atoms with van der Waals surface area (Å²) in [6.45, 7) is 1.83. The van der Waals surface area contributed by atoms with E-state index >= 15 is 0 Å². The lowest BCUT2D eigenvalue weighted by molar-refractivity contribution is 0.0520. The highest BCUT2D eigenvalue weighted by Crippen LogP contribution is 2.31. The van der Waals surface area contributed by atoms with Crippen molar-refractivity contribution in [2.75, 3.05) is 11.9 Å². The number of nitrogens with one attached hydrogen (secondary N) is 1. The predicted octanol–water partition coefficient (Wildman–Crippen LogP) is 3.92. The van der Waals surface area contributed by atoms with Gasteiger partial charge in [0.05, 0.1) is 17.7 Å². The van der Waals surface area contributed by atoms with Crippen molar-refractivity contribution < 1.29 is 14.3 Å². The number of thiophene rings is 1. The molecular weight excluding hydrogens is 440 g/mol. The maximum Gasteiger partial charge on any atom is 0.359 e. The lowest BCUT2D eigenvalue weighted by Gasteiger charge is -2.10. The van der Waals surface area contributed by atoms with Gasteiger partial charge in [-0.05, 0) is 43.3 Å². The molecule has 0 fully saturated rings. The minimum Gasteiger partial charge on any atom is -0.461 e. The lowest BCUT2D eigenvalue weighted by atomic mass is 10.2. The van der Waals surface area contributed by atoms with Crippen LogP contribution in [0.2, 0.25) is 5.02 Å². The molecular formula is C21H15ClN4O4S. The molecule has 31 heavy (non-hydrogen) atoms. The smallest absolute Gasteiger partial charge is 0.359 e. The first-order chi connectivity index (χ1) is 15.0. The van der Waals surface area contributed by atoms with Crippen LogP contribution in [0.15, 0.2) is 59.0 Å². The summed E-state index contributed by atoms with van der Waals surface area (Å²) in [7, 11) is 0. The van der Waals surface area contributed by atoms with Crippen molar-refractivity contribution in [1.29, 1.82) is 0 Å². The molecule has 0 atom stereocenters. The number of esters is 1. The standard InChI is InChI=1S/C21H15ClN4O4S/c1-2-30-21(29)17-15-11-31-19(24-18(27)12-7-9-23-10-8-12)16(15)20(28)26(25-17)14-5-3-13(22)4-6-14/h3-11H,2H2,1H3,(H,24,27). The molecule has 4 aromatic rings. The van der Waals surface area contributed by atoms with E-state index in [9.17, 15) is 14.4 Å². The van der Waals surface area contributed by atoms with Crippen molar-refractivity contribution in [1.82, 2.24) is 14.8 Å². The van der Waals surface area contributed by atoms with Crippen LogP contribution in [0, 0.1) is 0 Å². The SMILES string of the molecule is CCOC(=O)c1nn(-c2ccc(Cl)cc2)c(=O)c2c(NC(=O)c3ccncc3)scc12. The molecule has 0 aliphatic carbocycles. The zero-order valence-corrected chi connectivity index (χ0v) is 17.7. The monoisotopic (exact) mass is 454 g/mol. The highest BCUT2D eigenvalue weighted by molar-refractivity contribution is 7.16. The Labute approximate surface area is 185 Å². The number of hydrogen-bond acceptors (Lipinski definition) is 7. The topological polar surface area (TPSA) is 103 Å². The summed E-state index contributed by atoms with van der Waals surface area (Å²) in [5.74, 6) is -1.07. The first kappa shape index (κ1) is 20.7. The van der Waals surface area contributed by atoms with Crippen molar-refractivity contribution in [3.8, 4) is 5.69 Å². The second-order valence-electron chi connectivity index (χ2n) is 6.31. The van der Waals surface area contributed by atoms with Crippen LogP contribution in [0.4, 0.5) is 5.00 Å². The maximum absolute atomic E-state index is 13.3. The first-order valence-corrected chi connectivity index (χ1v) is 10.4. The van der Waals surface area contributed by atoms with Crippen molar-refractivity contribution in [3.05, 3.63) is 80.8 Å². The molecule has 0 aliphatic rings. The van der Waals surface area contributed by atoms with Crippen LogP contribution in [0.5, 0.6) is 0 Å². The Hall–Kier alpha value is -3.56. The molecule has 3 heterocycles. The summed E-state index contributed by atoms with van der Waals surface area (Å²) in [4.78, 5) is 42.4. The predicted molar refractivity (Wildman–Crippen MR) is 118 cm³/mol. The Bertz CT molecular complexity index is 1330. The number of carbonyl (C=O) groups is 2. The molecule has 0 saturated carbocycles. The molecule has 0 aliphatic heterocycles. The van der Waals surface area contributed by atoms with Crippen molar-refractivity contribution >= 4 is 50.6 Å². The lowest BCUT2D eigenvalue weighted by Crippen LogP contribution is -2.25. The molecule has 0 bridgehead atoms. The van der Waals surface area contributed by atoms with E-state index < -0.39 is 17.4 Å². The number of anilines is 1. The Morgan fingerprint density at radius 3 is 2.55 bits per heavy atom. The number of rotatable bonds is 5. The Morgan fingerprint density at radius 2 is 1.87 bits per heavy atom. The van der Waals surface area contributed by atoms with Gasteiger partial charge in [0.25, 0.3) is 11.5 Å². The van der Waals surface area contributed by atoms with Gasteiger partial charge in [-0.3, -0.25) is 14.6 Å². The molecule has 1 amide bonds. The number of amides is 1.